The molecule has 128 valence electrons. The molecule has 24 heavy (non-hydrogen) atoms. The van der Waals surface area contributed by atoms with E-state index in [-0.39, 0.29) is 5.11 Å². The topological polar surface area (TPSA) is 24.1 Å². The Bertz CT molecular complexity index is 750. The average molecular weight is 421 g/mol. The zero-order chi connectivity index (χ0) is 18.0. The molecule has 0 aliphatic heterocycles. The highest BCUT2D eigenvalue weighted by atomic mass is 79.9. The van der Waals surface area contributed by atoms with Crippen LogP contribution in [0.25, 0.3) is 0 Å². The summed E-state index contributed by atoms with van der Waals surface area (Å²) in [5, 5.41) is 4.64. The summed E-state index contributed by atoms with van der Waals surface area (Å²) in [6, 6.07) is 7.21. The molecule has 0 spiro atoms. The Morgan fingerprint density at radius 3 is 1.88 bits per heavy atom. The van der Waals surface area contributed by atoms with Crippen LogP contribution in [0.3, 0.4) is 0 Å². The van der Waals surface area contributed by atoms with Crippen LogP contribution in [0.1, 0.15) is 25.3 Å². The summed E-state index contributed by atoms with van der Waals surface area (Å²) in [5.74, 6) is -5.87. The van der Waals surface area contributed by atoms with Crippen molar-refractivity contribution in [3.05, 3.63) is 57.6 Å². The maximum Gasteiger partial charge on any atom is 0.186 e. The molecule has 0 aliphatic carbocycles. The van der Waals surface area contributed by atoms with E-state index in [2.05, 4.69) is 26.6 Å². The summed E-state index contributed by atoms with van der Waals surface area (Å²) in [4.78, 5) is 0. The number of anilines is 2. The maximum atomic E-state index is 13.8. The molecule has 0 aromatic heterocycles. The molecular formula is C16H13BrF4N2S. The Morgan fingerprint density at radius 1 is 0.917 bits per heavy atom. The van der Waals surface area contributed by atoms with E-state index >= 15 is 0 Å². The third-order valence-corrected chi connectivity index (χ3v) is 4.18. The van der Waals surface area contributed by atoms with Crippen LogP contribution in [0, 0.1) is 23.3 Å². The first-order chi connectivity index (χ1) is 11.2. The van der Waals surface area contributed by atoms with Crippen molar-refractivity contribution >= 4 is 44.6 Å². The van der Waals surface area contributed by atoms with Crippen molar-refractivity contribution in [1.82, 2.24) is 0 Å². The second kappa shape index (κ2) is 7.48. The van der Waals surface area contributed by atoms with E-state index in [0.717, 1.165) is 5.56 Å². The predicted octanol–water partition coefficient (Wildman–Crippen LogP) is 5.94. The van der Waals surface area contributed by atoms with Crippen LogP contribution in [0.4, 0.5) is 28.9 Å². The predicted molar refractivity (Wildman–Crippen MR) is 94.3 cm³/mol. The Hall–Kier alpha value is -1.67. The molecule has 2 aromatic rings. The van der Waals surface area contributed by atoms with E-state index < -0.39 is 33.4 Å². The fourth-order valence-corrected chi connectivity index (χ4v) is 2.51. The summed E-state index contributed by atoms with van der Waals surface area (Å²) in [7, 11) is 0. The highest BCUT2D eigenvalue weighted by molar-refractivity contribution is 9.10. The summed E-state index contributed by atoms with van der Waals surface area (Å²) >= 11 is 7.38. The normalized spacial score (nSPS) is 10.8. The summed E-state index contributed by atoms with van der Waals surface area (Å²) < 4.78 is 53.6. The van der Waals surface area contributed by atoms with Crippen molar-refractivity contribution in [3.63, 3.8) is 0 Å². The summed E-state index contributed by atoms with van der Waals surface area (Å²) in [6.07, 6.45) is 0. The van der Waals surface area contributed by atoms with Gasteiger partial charge in [-0.2, -0.15) is 0 Å². The van der Waals surface area contributed by atoms with Crippen LogP contribution in [-0.2, 0) is 0 Å². The highest BCUT2D eigenvalue weighted by Gasteiger charge is 2.24. The van der Waals surface area contributed by atoms with Gasteiger partial charge in [-0.25, -0.2) is 17.6 Å². The van der Waals surface area contributed by atoms with Gasteiger partial charge in [-0.05, 0) is 51.8 Å². The minimum absolute atomic E-state index is 0.203. The van der Waals surface area contributed by atoms with Gasteiger partial charge in [0.15, 0.2) is 28.4 Å². The average Bonchev–Trinajstić information content (AvgIpc) is 2.55. The van der Waals surface area contributed by atoms with Gasteiger partial charge < -0.3 is 10.6 Å². The fraction of sp³-hybridized carbons (Fsp3) is 0.188. The van der Waals surface area contributed by atoms with Gasteiger partial charge in [0.05, 0.1) is 4.47 Å². The SMILES string of the molecule is CC(C)c1ccc(NC(=S)Nc2c(F)c(F)c(Br)c(F)c2F)cc1. The Kier molecular flexibility index (Phi) is 5.82. The molecule has 0 heterocycles. The lowest BCUT2D eigenvalue weighted by atomic mass is 10.0. The summed E-state index contributed by atoms with van der Waals surface area (Å²) in [5.41, 5.74) is 0.675. The van der Waals surface area contributed by atoms with Crippen molar-refractivity contribution in [2.24, 2.45) is 0 Å². The van der Waals surface area contributed by atoms with Crippen LogP contribution in [0.5, 0.6) is 0 Å². The van der Waals surface area contributed by atoms with E-state index in [1.54, 1.807) is 12.1 Å². The van der Waals surface area contributed by atoms with Crippen LogP contribution in [-0.4, -0.2) is 5.11 Å². The van der Waals surface area contributed by atoms with E-state index in [0.29, 0.717) is 11.6 Å². The number of hydrogen-bond donors (Lipinski definition) is 2. The monoisotopic (exact) mass is 420 g/mol. The number of rotatable bonds is 3. The quantitative estimate of drug-likeness (QED) is 0.278. The first-order valence-electron chi connectivity index (χ1n) is 6.91. The molecule has 2 rings (SSSR count). The molecule has 0 unspecified atom stereocenters. The van der Waals surface area contributed by atoms with Gasteiger partial charge in [0.2, 0.25) is 0 Å². The van der Waals surface area contributed by atoms with Crippen molar-refractivity contribution in [2.75, 3.05) is 10.6 Å². The molecule has 0 radical (unpaired) electrons. The summed E-state index contributed by atoms with van der Waals surface area (Å²) in [6.45, 7) is 4.08. The number of thiocarbonyl (C=S) groups is 1. The van der Waals surface area contributed by atoms with E-state index in [9.17, 15) is 17.6 Å². The largest absolute Gasteiger partial charge is 0.332 e. The number of hydrogen-bond acceptors (Lipinski definition) is 1. The molecule has 0 aliphatic rings. The molecule has 2 aromatic carbocycles. The standard InChI is InChI=1S/C16H13BrF4N2S/c1-7(2)8-3-5-9(6-4-8)22-16(24)23-15-13(20)11(18)10(17)12(19)14(15)21/h3-7H,1-2H3,(H2,22,23,24). The number of benzene rings is 2. The van der Waals surface area contributed by atoms with E-state index in [1.165, 1.54) is 0 Å². The molecule has 2 nitrogen and oxygen atoms in total. The molecule has 8 heteroatoms. The Balaban J connectivity index is 2.19. The molecule has 0 atom stereocenters. The zero-order valence-corrected chi connectivity index (χ0v) is 15.1. The van der Waals surface area contributed by atoms with Crippen LogP contribution in [0.2, 0.25) is 0 Å². The molecule has 0 amide bonds. The molecule has 0 saturated carbocycles. The second-order valence-corrected chi connectivity index (χ2v) is 6.50. The highest BCUT2D eigenvalue weighted by Crippen LogP contribution is 2.31. The van der Waals surface area contributed by atoms with E-state index in [4.69, 9.17) is 12.2 Å². The second-order valence-electron chi connectivity index (χ2n) is 5.30. The van der Waals surface area contributed by atoms with Crippen molar-refractivity contribution in [2.45, 2.75) is 19.8 Å². The van der Waals surface area contributed by atoms with Gasteiger partial charge >= 0.3 is 0 Å². The first kappa shape index (κ1) is 18.7. The third kappa shape index (κ3) is 3.87. The smallest absolute Gasteiger partial charge is 0.186 e. The maximum absolute atomic E-state index is 13.8. The van der Waals surface area contributed by atoms with Gasteiger partial charge in [-0.3, -0.25) is 0 Å². The molecular weight excluding hydrogens is 408 g/mol. The Morgan fingerprint density at radius 2 is 1.42 bits per heavy atom. The molecule has 0 fully saturated rings. The number of halogens is 5. The fourth-order valence-electron chi connectivity index (χ4n) is 1.94. The van der Waals surface area contributed by atoms with Gasteiger partial charge in [-0.15, -0.1) is 0 Å². The third-order valence-electron chi connectivity index (χ3n) is 3.28. The lowest BCUT2D eigenvalue weighted by molar-refractivity contribution is 0.452. The minimum atomic E-state index is -1.57. The van der Waals surface area contributed by atoms with Gasteiger partial charge in [0.1, 0.15) is 5.69 Å². The Labute approximate surface area is 150 Å². The molecule has 0 saturated heterocycles. The lowest BCUT2D eigenvalue weighted by Crippen LogP contribution is -2.21. The van der Waals surface area contributed by atoms with Gasteiger partial charge in [0, 0.05) is 5.69 Å². The minimum Gasteiger partial charge on any atom is -0.332 e. The molecule has 0 bridgehead atoms. The zero-order valence-electron chi connectivity index (χ0n) is 12.7. The first-order valence-corrected chi connectivity index (χ1v) is 8.12. The lowest BCUT2D eigenvalue weighted by Gasteiger charge is -2.14. The van der Waals surface area contributed by atoms with Gasteiger partial charge in [-0.1, -0.05) is 26.0 Å². The van der Waals surface area contributed by atoms with Crippen molar-refractivity contribution < 1.29 is 17.6 Å². The van der Waals surface area contributed by atoms with Gasteiger partial charge in [0.25, 0.3) is 0 Å². The van der Waals surface area contributed by atoms with Crippen molar-refractivity contribution in [3.8, 4) is 0 Å². The van der Waals surface area contributed by atoms with E-state index in [1.807, 2.05) is 26.0 Å². The van der Waals surface area contributed by atoms with Crippen LogP contribution < -0.4 is 10.6 Å². The van der Waals surface area contributed by atoms with Crippen molar-refractivity contribution in [1.29, 1.82) is 0 Å². The molecule has 2 N–H and O–H groups in total. The van der Waals surface area contributed by atoms with Crippen LogP contribution in [0.15, 0.2) is 28.7 Å². The van der Waals surface area contributed by atoms with Crippen LogP contribution >= 0.6 is 28.1 Å². The number of nitrogens with one attached hydrogen (secondary N) is 2.